The fraction of sp³-hybridized carbons (Fsp3) is 0.286. The molecule has 64 heavy (non-hydrogen) atoms. The highest BCUT2D eigenvalue weighted by molar-refractivity contribution is 6.21. The number of phenols is 2. The van der Waals surface area contributed by atoms with E-state index >= 15 is 0 Å². The summed E-state index contributed by atoms with van der Waals surface area (Å²) in [6.45, 7) is -0.258. The summed E-state index contributed by atoms with van der Waals surface area (Å²) in [7, 11) is 4.47. The van der Waals surface area contributed by atoms with Crippen molar-refractivity contribution in [1.29, 1.82) is 0 Å². The number of ether oxygens (including phenoxy) is 4. The molecule has 14 nitrogen and oxygen atoms in total. The summed E-state index contributed by atoms with van der Waals surface area (Å²) in [6.07, 6.45) is -5.09. The van der Waals surface area contributed by atoms with Crippen molar-refractivity contribution in [3.8, 4) is 23.0 Å². The third-order valence-corrected chi connectivity index (χ3v) is 11.7. The first kappa shape index (κ1) is 45.5. The number of alkyl halides is 8. The monoisotopic (exact) mass is 938 g/mol. The molecule has 2 atom stereocenters. The average Bonchev–Trinajstić information content (AvgIpc) is 4.04. The Morgan fingerprint density at radius 1 is 0.672 bits per heavy atom. The molecule has 0 saturated carbocycles. The molecule has 4 N–H and O–H groups in total. The molecule has 0 bridgehead atoms. The van der Waals surface area contributed by atoms with Gasteiger partial charge in [0.05, 0.1) is 62.0 Å². The Balaban J connectivity index is 1.20. The number of aromatic amines is 2. The van der Waals surface area contributed by atoms with Crippen molar-refractivity contribution in [2.45, 2.75) is 24.2 Å². The van der Waals surface area contributed by atoms with Crippen LogP contribution in [-0.4, -0.2) is 97.2 Å². The zero-order chi connectivity index (χ0) is 46.7. The number of amides is 2. The van der Waals surface area contributed by atoms with Crippen molar-refractivity contribution >= 4 is 92.3 Å². The number of anilines is 2. The minimum atomic E-state index is -5.04. The summed E-state index contributed by atoms with van der Waals surface area (Å²) in [5.74, 6) is -6.90. The van der Waals surface area contributed by atoms with E-state index in [0.29, 0.717) is 11.1 Å². The first-order valence-corrected chi connectivity index (χ1v) is 19.8. The number of carbonyl (C=O) groups excluding carboxylic acids is 4. The lowest BCUT2D eigenvalue weighted by Crippen LogP contribution is -2.28. The minimum absolute atomic E-state index is 0.0126. The molecule has 0 aliphatic carbocycles. The molecule has 3 aromatic carbocycles. The normalized spacial score (nSPS) is 16.3. The van der Waals surface area contributed by atoms with Gasteiger partial charge in [0, 0.05) is 82.9 Å². The van der Waals surface area contributed by atoms with Crippen molar-refractivity contribution in [3.05, 3.63) is 81.2 Å². The van der Waals surface area contributed by atoms with Gasteiger partial charge in [0.25, 0.3) is 11.8 Å². The number of phenolic OH excluding ortho intramolecular Hbond substituents is 2. The zero-order valence-electron chi connectivity index (χ0n) is 33.7. The maximum absolute atomic E-state index is 14.1. The number of carbonyl (C=O) groups is 4. The first-order valence-electron chi connectivity index (χ1n) is 18.7. The fourth-order valence-corrected chi connectivity index (χ4v) is 8.75. The Hall–Kier alpha value is -6.54. The third-order valence-electron chi connectivity index (χ3n) is 11.0. The molecule has 2 amide bonds. The first-order chi connectivity index (χ1) is 30.2. The van der Waals surface area contributed by atoms with Crippen LogP contribution >= 0.6 is 23.2 Å². The molecule has 0 unspecified atom stereocenters. The van der Waals surface area contributed by atoms with Crippen LogP contribution in [0.4, 0.5) is 37.7 Å². The van der Waals surface area contributed by atoms with Gasteiger partial charge >= 0.3 is 24.3 Å². The molecule has 5 aromatic rings. The van der Waals surface area contributed by atoms with Crippen LogP contribution < -0.4 is 19.3 Å². The molecule has 2 aliphatic heterocycles. The Labute approximate surface area is 367 Å². The van der Waals surface area contributed by atoms with E-state index in [1.807, 2.05) is 0 Å². The molecule has 0 fully saturated rings. The fourth-order valence-electron chi connectivity index (χ4n) is 8.25. The zero-order valence-corrected chi connectivity index (χ0v) is 35.2. The van der Waals surface area contributed by atoms with Gasteiger partial charge in [0.15, 0.2) is 0 Å². The Bertz CT molecular complexity index is 2640. The highest BCUT2D eigenvalue weighted by Gasteiger charge is 2.45. The van der Waals surface area contributed by atoms with Crippen LogP contribution in [0.25, 0.3) is 34.0 Å². The number of fused-ring (bicyclic) bond motifs is 6. The number of aromatic hydroxyl groups is 2. The van der Waals surface area contributed by atoms with Crippen LogP contribution in [0.15, 0.2) is 36.4 Å². The molecular formula is C42H34Cl2F6N4O10. The van der Waals surface area contributed by atoms with E-state index in [0.717, 1.165) is 38.5 Å². The Morgan fingerprint density at radius 2 is 1.03 bits per heavy atom. The largest absolute Gasteiger partial charge is 0.506 e. The van der Waals surface area contributed by atoms with Gasteiger partial charge in [-0.15, -0.1) is 23.2 Å². The SMILES string of the molecule is COC(=O)c1c(C(F)(F)F)[nH]c2c(O)cc3c(c12)[C@H](CCl)CN3C(=O)/C=C\c1cc(OC)c(/C=C/C(=O)N2C[C@@H](CCl)c3c2cc(O)c2[nH]c(C(F)(F)F)c(C(=O)OC)c32)cc1OC. The lowest BCUT2D eigenvalue weighted by molar-refractivity contribution is -0.141. The van der Waals surface area contributed by atoms with E-state index in [4.69, 9.17) is 32.7 Å². The van der Waals surface area contributed by atoms with Gasteiger partial charge in [-0.25, -0.2) is 9.59 Å². The smallest absolute Gasteiger partial charge is 0.432 e. The highest BCUT2D eigenvalue weighted by atomic mass is 35.5. The number of nitrogens with one attached hydrogen (secondary N) is 2. The van der Waals surface area contributed by atoms with E-state index in [2.05, 4.69) is 19.4 Å². The van der Waals surface area contributed by atoms with E-state index < -0.39 is 93.0 Å². The van der Waals surface area contributed by atoms with Crippen LogP contribution in [0.3, 0.4) is 0 Å². The molecule has 7 rings (SSSR count). The topological polar surface area (TPSA) is 184 Å². The molecular weight excluding hydrogens is 905 g/mol. The molecule has 0 spiro atoms. The number of methoxy groups -OCH3 is 4. The van der Waals surface area contributed by atoms with Crippen molar-refractivity contribution in [1.82, 2.24) is 9.97 Å². The molecule has 0 radical (unpaired) electrons. The number of hydrogen-bond acceptors (Lipinski definition) is 10. The quantitative estimate of drug-likeness (QED) is 0.0459. The summed E-state index contributed by atoms with van der Waals surface area (Å²) < 4.78 is 105. The molecule has 338 valence electrons. The van der Waals surface area contributed by atoms with Crippen molar-refractivity contribution in [2.24, 2.45) is 0 Å². The number of nitrogens with zero attached hydrogens (tertiary/aromatic N) is 2. The number of hydrogen-bond donors (Lipinski definition) is 4. The van der Waals surface area contributed by atoms with Gasteiger partial charge in [-0.05, 0) is 35.4 Å². The molecule has 0 saturated heterocycles. The molecule has 2 aromatic heterocycles. The van der Waals surface area contributed by atoms with Gasteiger partial charge < -0.3 is 48.9 Å². The third kappa shape index (κ3) is 7.56. The predicted octanol–water partition coefficient (Wildman–Crippen LogP) is 8.45. The second-order valence-corrected chi connectivity index (χ2v) is 15.1. The average molecular weight is 940 g/mol. The van der Waals surface area contributed by atoms with Gasteiger partial charge in [0.1, 0.15) is 34.4 Å². The van der Waals surface area contributed by atoms with E-state index in [9.17, 15) is 55.7 Å². The Morgan fingerprint density at radius 3 is 1.33 bits per heavy atom. The van der Waals surface area contributed by atoms with Gasteiger partial charge in [-0.1, -0.05) is 0 Å². The summed E-state index contributed by atoms with van der Waals surface area (Å²) >= 11 is 12.5. The Kier molecular flexibility index (Phi) is 12.0. The molecule has 2 aliphatic rings. The van der Waals surface area contributed by atoms with Crippen LogP contribution in [0.1, 0.15) is 66.2 Å². The minimum Gasteiger partial charge on any atom is -0.506 e. The predicted molar refractivity (Wildman–Crippen MR) is 222 cm³/mol. The number of esters is 2. The van der Waals surface area contributed by atoms with Crippen molar-refractivity contribution in [3.63, 3.8) is 0 Å². The number of halogens is 8. The summed E-state index contributed by atoms with van der Waals surface area (Å²) in [6, 6.07) is 5.15. The van der Waals surface area contributed by atoms with Crippen molar-refractivity contribution in [2.75, 3.05) is 63.1 Å². The molecule has 4 heterocycles. The second kappa shape index (κ2) is 16.9. The maximum Gasteiger partial charge on any atom is 0.432 e. The number of H-pyrrole nitrogens is 2. The van der Waals surface area contributed by atoms with E-state index in [-0.39, 0.29) is 69.6 Å². The van der Waals surface area contributed by atoms with E-state index in [1.54, 1.807) is 0 Å². The van der Waals surface area contributed by atoms with Crippen LogP contribution in [0.2, 0.25) is 0 Å². The van der Waals surface area contributed by atoms with Gasteiger partial charge in [-0.3, -0.25) is 9.59 Å². The summed E-state index contributed by atoms with van der Waals surface area (Å²) in [5, 5.41) is 21.2. The lowest BCUT2D eigenvalue weighted by atomic mass is 9.95. The number of rotatable bonds is 10. The number of aromatic nitrogens is 2. The number of benzene rings is 3. The highest BCUT2D eigenvalue weighted by Crippen LogP contribution is 2.51. The maximum atomic E-state index is 14.1. The van der Waals surface area contributed by atoms with Gasteiger partial charge in [-0.2, -0.15) is 26.3 Å². The second-order valence-electron chi connectivity index (χ2n) is 14.5. The van der Waals surface area contributed by atoms with Crippen LogP contribution in [-0.2, 0) is 31.4 Å². The van der Waals surface area contributed by atoms with Crippen LogP contribution in [0, 0.1) is 0 Å². The van der Waals surface area contributed by atoms with Gasteiger partial charge in [0.2, 0.25) is 0 Å². The lowest BCUT2D eigenvalue weighted by Gasteiger charge is -2.17. The standard InChI is InChI=1S/C42H34Cl2F6N4O10/c1-61-25-9-18(6-8-28(58)54-16-20(14-44)30-22(54)12-24(56)36-32(30)34(40(60)64-4)38(52-36)42(48,49)50)26(62-2)10-17(25)5-7-27(57)53-15-19(13-43)29-21(53)11-23(55)35-31(29)33(39(59)63-3)37(51-35)41(45,46)47/h5-12,19-20,51-52,55-56H,13-16H2,1-4H3/b7-5-,8-6+/t19-,20-/m1/s1. The molecule has 22 heteroatoms. The van der Waals surface area contributed by atoms with E-state index in [1.165, 1.54) is 48.3 Å². The van der Waals surface area contributed by atoms with Crippen LogP contribution in [0.5, 0.6) is 23.0 Å². The van der Waals surface area contributed by atoms with Crippen molar-refractivity contribution < 1.29 is 74.7 Å². The summed E-state index contributed by atoms with van der Waals surface area (Å²) in [5.41, 5.74) is -4.56. The summed E-state index contributed by atoms with van der Waals surface area (Å²) in [4.78, 5) is 59.6.